The van der Waals surface area contributed by atoms with E-state index >= 15 is 0 Å². The van der Waals surface area contributed by atoms with E-state index in [9.17, 15) is 9.59 Å². The van der Waals surface area contributed by atoms with Gasteiger partial charge in [-0.1, -0.05) is 80.4 Å². The predicted octanol–water partition coefficient (Wildman–Crippen LogP) is 7.11. The molecule has 1 aromatic heterocycles. The van der Waals surface area contributed by atoms with E-state index in [1.165, 1.54) is 4.90 Å². The third kappa shape index (κ3) is 7.27. The smallest absolute Gasteiger partial charge is 0.311 e. The molecule has 0 radical (unpaired) electrons. The molecule has 7 nitrogen and oxygen atoms in total. The van der Waals surface area contributed by atoms with Gasteiger partial charge in [0.05, 0.1) is 11.4 Å². The van der Waals surface area contributed by atoms with E-state index in [-0.39, 0.29) is 24.4 Å². The first-order chi connectivity index (χ1) is 18.5. The summed E-state index contributed by atoms with van der Waals surface area (Å²) >= 11 is 5.99. The van der Waals surface area contributed by atoms with Gasteiger partial charge in [0, 0.05) is 28.7 Å². The fourth-order valence-electron chi connectivity index (χ4n) is 4.16. The predicted molar refractivity (Wildman–Crippen MR) is 158 cm³/mol. The van der Waals surface area contributed by atoms with Crippen LogP contribution in [0.15, 0.2) is 78.9 Å². The second kappa shape index (κ2) is 11.7. The third-order valence-electron chi connectivity index (χ3n) is 6.26. The maximum Gasteiger partial charge on any atom is 0.322 e. The fraction of sp³-hybridized carbons (Fsp3) is 0.258. The van der Waals surface area contributed by atoms with Crippen molar-refractivity contribution < 1.29 is 9.59 Å². The number of hydrogen-bond acceptors (Lipinski definition) is 3. The van der Waals surface area contributed by atoms with Crippen molar-refractivity contribution in [3.63, 3.8) is 0 Å². The maximum atomic E-state index is 13.4. The monoisotopic (exact) mass is 543 g/mol. The zero-order chi connectivity index (χ0) is 28.2. The maximum absolute atomic E-state index is 13.4. The summed E-state index contributed by atoms with van der Waals surface area (Å²) in [4.78, 5) is 28.2. The van der Waals surface area contributed by atoms with E-state index in [0.717, 1.165) is 28.1 Å². The SMILES string of the molecule is Cc1ccc(-n2nc(C(C)(C)C)cc2NC(=O)CN(Cc2ccccc2)C(=O)Nc2ccc(Cl)cc2)c(C)c1. The lowest BCUT2D eigenvalue weighted by molar-refractivity contribution is -0.116. The lowest BCUT2D eigenvalue weighted by Crippen LogP contribution is -2.40. The summed E-state index contributed by atoms with van der Waals surface area (Å²) < 4.78 is 1.77. The van der Waals surface area contributed by atoms with Gasteiger partial charge in [-0.3, -0.25) is 4.79 Å². The Bertz CT molecular complexity index is 1460. The summed E-state index contributed by atoms with van der Waals surface area (Å²) in [7, 11) is 0. The van der Waals surface area contributed by atoms with Crippen LogP contribution in [0.4, 0.5) is 16.3 Å². The highest BCUT2D eigenvalue weighted by Gasteiger charge is 2.24. The van der Waals surface area contributed by atoms with Gasteiger partial charge in [-0.25, -0.2) is 9.48 Å². The Kier molecular flexibility index (Phi) is 8.41. The first-order valence-electron chi connectivity index (χ1n) is 12.8. The Morgan fingerprint density at radius 1 is 0.923 bits per heavy atom. The van der Waals surface area contributed by atoms with Crippen molar-refractivity contribution in [1.82, 2.24) is 14.7 Å². The molecule has 0 aliphatic heterocycles. The second-order valence-electron chi connectivity index (χ2n) is 10.7. The molecule has 4 rings (SSSR count). The van der Waals surface area contributed by atoms with Gasteiger partial charge in [-0.05, 0) is 55.3 Å². The zero-order valence-electron chi connectivity index (χ0n) is 23.0. The van der Waals surface area contributed by atoms with Crippen LogP contribution in [0.5, 0.6) is 0 Å². The molecule has 2 N–H and O–H groups in total. The van der Waals surface area contributed by atoms with E-state index in [4.69, 9.17) is 16.7 Å². The van der Waals surface area contributed by atoms with Gasteiger partial charge in [0.1, 0.15) is 12.4 Å². The number of carbonyl (C=O) groups is 2. The molecule has 0 atom stereocenters. The number of nitrogens with one attached hydrogen (secondary N) is 2. The molecule has 8 heteroatoms. The van der Waals surface area contributed by atoms with Gasteiger partial charge >= 0.3 is 6.03 Å². The molecular weight excluding hydrogens is 510 g/mol. The van der Waals surface area contributed by atoms with E-state index < -0.39 is 6.03 Å². The van der Waals surface area contributed by atoms with Crippen LogP contribution in [0.25, 0.3) is 5.69 Å². The van der Waals surface area contributed by atoms with Crippen molar-refractivity contribution in [3.8, 4) is 5.69 Å². The van der Waals surface area contributed by atoms with Crippen LogP contribution >= 0.6 is 11.6 Å². The molecule has 0 aliphatic rings. The fourth-order valence-corrected chi connectivity index (χ4v) is 4.28. The van der Waals surface area contributed by atoms with Crippen LogP contribution in [-0.2, 0) is 16.8 Å². The number of carbonyl (C=O) groups excluding carboxylic acids is 2. The van der Waals surface area contributed by atoms with Crippen molar-refractivity contribution in [1.29, 1.82) is 0 Å². The standard InChI is InChI=1S/C31H34ClN5O2/c1-21-11-16-26(22(2)17-21)37-28(18-27(35-37)31(3,4)5)34-29(38)20-36(19-23-9-7-6-8-10-23)30(39)33-25-14-12-24(32)13-15-25/h6-18H,19-20H2,1-5H3,(H,33,39)(H,34,38). The van der Waals surface area contributed by atoms with Crippen molar-refractivity contribution in [2.45, 2.75) is 46.6 Å². The normalized spacial score (nSPS) is 11.2. The average molecular weight is 544 g/mol. The van der Waals surface area contributed by atoms with Crippen molar-refractivity contribution >= 4 is 35.0 Å². The molecule has 4 aromatic rings. The second-order valence-corrected chi connectivity index (χ2v) is 11.1. The summed E-state index contributed by atoms with van der Waals surface area (Å²) in [5.74, 6) is 0.221. The van der Waals surface area contributed by atoms with E-state index in [1.54, 1.807) is 28.9 Å². The molecular formula is C31H34ClN5O2. The first kappa shape index (κ1) is 27.9. The zero-order valence-corrected chi connectivity index (χ0v) is 23.7. The minimum atomic E-state index is -0.394. The highest BCUT2D eigenvalue weighted by molar-refractivity contribution is 6.30. The number of aryl methyl sites for hydroxylation is 2. The molecule has 202 valence electrons. The van der Waals surface area contributed by atoms with Gasteiger partial charge in [-0.2, -0.15) is 5.10 Å². The van der Waals surface area contributed by atoms with Gasteiger partial charge in [0.25, 0.3) is 0 Å². The number of amides is 3. The topological polar surface area (TPSA) is 79.3 Å². The summed E-state index contributed by atoms with van der Waals surface area (Å²) in [6, 6.07) is 24.0. The molecule has 0 spiro atoms. The highest BCUT2D eigenvalue weighted by Crippen LogP contribution is 2.28. The van der Waals surface area contributed by atoms with Crippen LogP contribution in [0.3, 0.4) is 0 Å². The molecule has 3 aromatic carbocycles. The molecule has 1 heterocycles. The largest absolute Gasteiger partial charge is 0.322 e. The number of anilines is 2. The lowest BCUT2D eigenvalue weighted by atomic mass is 9.92. The molecule has 39 heavy (non-hydrogen) atoms. The molecule has 0 fully saturated rings. The van der Waals surface area contributed by atoms with Gasteiger partial charge in [0.2, 0.25) is 5.91 Å². The van der Waals surface area contributed by atoms with E-state index in [1.807, 2.05) is 62.4 Å². The van der Waals surface area contributed by atoms with Crippen molar-refractivity contribution in [3.05, 3.63) is 106 Å². The Hall–Kier alpha value is -4.10. The van der Waals surface area contributed by atoms with Crippen LogP contribution in [0, 0.1) is 13.8 Å². The highest BCUT2D eigenvalue weighted by atomic mass is 35.5. The Morgan fingerprint density at radius 2 is 1.62 bits per heavy atom. The molecule has 3 amide bonds. The minimum absolute atomic E-state index is 0.156. The van der Waals surface area contributed by atoms with Crippen LogP contribution < -0.4 is 10.6 Å². The first-order valence-corrected chi connectivity index (χ1v) is 13.2. The number of aromatic nitrogens is 2. The van der Waals surface area contributed by atoms with E-state index in [2.05, 4.69) is 37.5 Å². The Balaban J connectivity index is 1.60. The molecule has 0 aliphatic carbocycles. The molecule has 0 saturated carbocycles. The van der Waals surface area contributed by atoms with Crippen molar-refractivity contribution in [2.75, 3.05) is 17.2 Å². The third-order valence-corrected chi connectivity index (χ3v) is 6.51. The van der Waals surface area contributed by atoms with Crippen LogP contribution in [0.1, 0.15) is 43.2 Å². The molecule has 0 saturated heterocycles. The number of urea groups is 1. The summed E-state index contributed by atoms with van der Waals surface area (Å²) in [5.41, 5.74) is 5.20. The quantitative estimate of drug-likeness (QED) is 0.260. The van der Waals surface area contributed by atoms with Gasteiger partial charge < -0.3 is 15.5 Å². The molecule has 0 unspecified atom stereocenters. The van der Waals surface area contributed by atoms with Gasteiger partial charge in [-0.15, -0.1) is 0 Å². The summed E-state index contributed by atoms with van der Waals surface area (Å²) in [6.45, 7) is 10.4. The number of nitrogens with zero attached hydrogens (tertiary/aromatic N) is 3. The summed E-state index contributed by atoms with van der Waals surface area (Å²) in [5, 5.41) is 11.3. The Labute approximate surface area is 234 Å². The lowest BCUT2D eigenvalue weighted by Gasteiger charge is -2.23. The molecule has 0 bridgehead atoms. The average Bonchev–Trinajstić information content (AvgIpc) is 3.29. The van der Waals surface area contributed by atoms with Crippen LogP contribution in [-0.4, -0.2) is 33.2 Å². The minimum Gasteiger partial charge on any atom is -0.311 e. The van der Waals surface area contributed by atoms with E-state index in [0.29, 0.717) is 16.5 Å². The number of hydrogen-bond donors (Lipinski definition) is 2. The van der Waals surface area contributed by atoms with Crippen molar-refractivity contribution in [2.24, 2.45) is 0 Å². The Morgan fingerprint density at radius 3 is 2.26 bits per heavy atom. The van der Waals surface area contributed by atoms with Crippen LogP contribution in [0.2, 0.25) is 5.02 Å². The number of halogens is 1. The number of benzene rings is 3. The summed E-state index contributed by atoms with van der Waals surface area (Å²) in [6.07, 6.45) is 0. The van der Waals surface area contributed by atoms with Gasteiger partial charge in [0.15, 0.2) is 0 Å². The number of rotatable bonds is 7.